The van der Waals surface area contributed by atoms with Gasteiger partial charge in [0.2, 0.25) is 0 Å². The summed E-state index contributed by atoms with van der Waals surface area (Å²) in [6.07, 6.45) is 0.751. The highest BCUT2D eigenvalue weighted by atomic mass is 79.9. The lowest BCUT2D eigenvalue weighted by molar-refractivity contribution is 0.133. The number of hydrogen-bond acceptors (Lipinski definition) is 4. The number of aliphatic hydroxyl groups excluding tert-OH is 1. The van der Waals surface area contributed by atoms with Gasteiger partial charge in [-0.25, -0.2) is 0 Å². The highest BCUT2D eigenvalue weighted by molar-refractivity contribution is 9.10. The van der Waals surface area contributed by atoms with Crippen molar-refractivity contribution >= 4 is 28.3 Å². The van der Waals surface area contributed by atoms with Crippen LogP contribution in [-0.2, 0) is 0 Å². The molecule has 1 aromatic rings. The third-order valence-electron chi connectivity index (χ3n) is 2.65. The van der Waals surface area contributed by atoms with E-state index in [1.807, 2.05) is 6.92 Å². The minimum atomic E-state index is -0.676. The van der Waals surface area contributed by atoms with Gasteiger partial charge in [-0.1, -0.05) is 29.3 Å². The van der Waals surface area contributed by atoms with Gasteiger partial charge < -0.3 is 20.7 Å². The maximum atomic E-state index is 9.96. The lowest BCUT2D eigenvalue weighted by Gasteiger charge is -2.21. The van der Waals surface area contributed by atoms with Gasteiger partial charge in [0.1, 0.15) is 0 Å². The maximum absolute atomic E-state index is 9.96. The van der Waals surface area contributed by atoms with Crippen LogP contribution in [0.4, 0.5) is 0 Å². The SMILES string of the molecule is CCC[C@H](O)[C@H](N)c1cc(Br)cc(OC)c1O.Cl. The van der Waals surface area contributed by atoms with E-state index in [0.717, 1.165) is 10.9 Å². The zero-order chi connectivity index (χ0) is 13.0. The van der Waals surface area contributed by atoms with Crippen LogP contribution >= 0.6 is 28.3 Å². The van der Waals surface area contributed by atoms with Gasteiger partial charge >= 0.3 is 0 Å². The topological polar surface area (TPSA) is 75.7 Å². The molecule has 0 spiro atoms. The van der Waals surface area contributed by atoms with Crippen molar-refractivity contribution < 1.29 is 14.9 Å². The van der Waals surface area contributed by atoms with Crippen LogP contribution in [0.25, 0.3) is 0 Å². The summed E-state index contributed by atoms with van der Waals surface area (Å²) in [6.45, 7) is 1.97. The van der Waals surface area contributed by atoms with Crippen LogP contribution in [0.5, 0.6) is 11.5 Å². The normalized spacial score (nSPS) is 13.6. The Labute approximate surface area is 122 Å². The van der Waals surface area contributed by atoms with E-state index < -0.39 is 12.1 Å². The molecule has 0 aliphatic carbocycles. The first-order chi connectivity index (χ1) is 8.01. The van der Waals surface area contributed by atoms with Crippen molar-refractivity contribution in [2.45, 2.75) is 31.9 Å². The zero-order valence-electron chi connectivity index (χ0n) is 10.4. The molecule has 1 aromatic carbocycles. The van der Waals surface area contributed by atoms with E-state index in [4.69, 9.17) is 10.5 Å². The first-order valence-electron chi connectivity index (χ1n) is 5.51. The molecule has 0 heterocycles. The molecule has 0 radical (unpaired) electrons. The minimum Gasteiger partial charge on any atom is -0.504 e. The maximum Gasteiger partial charge on any atom is 0.162 e. The van der Waals surface area contributed by atoms with Crippen LogP contribution in [0.1, 0.15) is 31.4 Å². The zero-order valence-corrected chi connectivity index (χ0v) is 12.8. The molecule has 0 amide bonds. The number of hydrogen-bond donors (Lipinski definition) is 3. The molecule has 0 aliphatic rings. The summed E-state index contributed by atoms with van der Waals surface area (Å²) < 4.78 is 5.79. The molecule has 0 fully saturated rings. The fourth-order valence-corrected chi connectivity index (χ4v) is 2.14. The Morgan fingerprint density at radius 2 is 2.06 bits per heavy atom. The van der Waals surface area contributed by atoms with Crippen molar-refractivity contribution in [1.29, 1.82) is 0 Å². The molecule has 0 aliphatic heterocycles. The summed E-state index contributed by atoms with van der Waals surface area (Å²) in [5, 5.41) is 19.8. The number of rotatable bonds is 5. The van der Waals surface area contributed by atoms with Crippen molar-refractivity contribution in [3.63, 3.8) is 0 Å². The molecule has 1 rings (SSSR count). The minimum absolute atomic E-state index is 0. The third-order valence-corrected chi connectivity index (χ3v) is 3.11. The summed E-state index contributed by atoms with van der Waals surface area (Å²) in [7, 11) is 1.47. The van der Waals surface area contributed by atoms with Gasteiger partial charge in [-0.05, 0) is 18.6 Å². The van der Waals surface area contributed by atoms with Gasteiger partial charge in [-0.2, -0.15) is 0 Å². The van der Waals surface area contributed by atoms with E-state index in [9.17, 15) is 10.2 Å². The number of aliphatic hydroxyl groups is 1. The summed E-state index contributed by atoms with van der Waals surface area (Å²) in [4.78, 5) is 0. The molecule has 0 bridgehead atoms. The van der Waals surface area contributed by atoms with E-state index in [1.54, 1.807) is 12.1 Å². The Balaban J connectivity index is 0.00000289. The molecule has 0 saturated carbocycles. The van der Waals surface area contributed by atoms with Crippen LogP contribution in [0, 0.1) is 0 Å². The quantitative estimate of drug-likeness (QED) is 0.770. The molecule has 0 saturated heterocycles. The van der Waals surface area contributed by atoms with Crippen LogP contribution in [0.15, 0.2) is 16.6 Å². The first-order valence-corrected chi connectivity index (χ1v) is 6.30. The van der Waals surface area contributed by atoms with Gasteiger partial charge in [0.15, 0.2) is 11.5 Å². The number of phenolic OH excluding ortho intramolecular Hbond substituents is 1. The fourth-order valence-electron chi connectivity index (χ4n) is 1.69. The molecular formula is C12H19BrClNO3. The van der Waals surface area contributed by atoms with E-state index >= 15 is 0 Å². The lowest BCUT2D eigenvalue weighted by atomic mass is 9.98. The second kappa shape index (κ2) is 7.84. The first kappa shape index (κ1) is 17.5. The van der Waals surface area contributed by atoms with Crippen LogP contribution in [-0.4, -0.2) is 23.4 Å². The van der Waals surface area contributed by atoms with E-state index in [2.05, 4.69) is 15.9 Å². The average molecular weight is 341 g/mol. The number of phenols is 1. The smallest absolute Gasteiger partial charge is 0.162 e. The molecule has 0 unspecified atom stereocenters. The van der Waals surface area contributed by atoms with Gasteiger partial charge in [-0.15, -0.1) is 12.4 Å². The molecule has 4 N–H and O–H groups in total. The number of ether oxygens (including phenoxy) is 1. The average Bonchev–Trinajstić information content (AvgIpc) is 2.31. The third kappa shape index (κ3) is 4.02. The molecule has 6 heteroatoms. The summed E-state index contributed by atoms with van der Waals surface area (Å²) in [5.41, 5.74) is 6.42. The van der Waals surface area contributed by atoms with Crippen molar-refractivity contribution in [2.75, 3.05) is 7.11 Å². The van der Waals surface area contributed by atoms with Crippen LogP contribution in [0.2, 0.25) is 0 Å². The van der Waals surface area contributed by atoms with Crippen LogP contribution in [0.3, 0.4) is 0 Å². The van der Waals surface area contributed by atoms with Gasteiger partial charge in [-0.3, -0.25) is 0 Å². The molecule has 2 atom stereocenters. The molecular weight excluding hydrogens is 321 g/mol. The second-order valence-electron chi connectivity index (χ2n) is 3.93. The largest absolute Gasteiger partial charge is 0.504 e. The number of aromatic hydroxyl groups is 1. The van der Waals surface area contributed by atoms with Gasteiger partial charge in [0, 0.05) is 10.0 Å². The Morgan fingerprint density at radius 1 is 1.44 bits per heavy atom. The van der Waals surface area contributed by atoms with Crippen LogP contribution < -0.4 is 10.5 Å². The van der Waals surface area contributed by atoms with Crippen molar-refractivity contribution in [2.24, 2.45) is 5.73 Å². The van der Waals surface area contributed by atoms with Crippen molar-refractivity contribution in [3.8, 4) is 11.5 Å². The predicted octanol–water partition coefficient (Wildman–Crippen LogP) is 2.75. The lowest BCUT2D eigenvalue weighted by Crippen LogP contribution is -2.26. The summed E-state index contributed by atoms with van der Waals surface area (Å²) in [6, 6.07) is 2.72. The Morgan fingerprint density at radius 3 is 2.56 bits per heavy atom. The fraction of sp³-hybridized carbons (Fsp3) is 0.500. The van der Waals surface area contributed by atoms with Gasteiger partial charge in [0.25, 0.3) is 0 Å². The second-order valence-corrected chi connectivity index (χ2v) is 4.84. The number of nitrogens with two attached hydrogens (primary N) is 1. The molecule has 104 valence electrons. The van der Waals surface area contributed by atoms with Gasteiger partial charge in [0.05, 0.1) is 19.3 Å². The summed E-state index contributed by atoms with van der Waals surface area (Å²) >= 11 is 3.32. The van der Waals surface area contributed by atoms with Crippen molar-refractivity contribution in [1.82, 2.24) is 0 Å². The van der Waals surface area contributed by atoms with E-state index in [-0.39, 0.29) is 18.2 Å². The van der Waals surface area contributed by atoms with E-state index in [0.29, 0.717) is 17.7 Å². The molecule has 18 heavy (non-hydrogen) atoms. The highest BCUT2D eigenvalue weighted by Crippen LogP contribution is 2.37. The van der Waals surface area contributed by atoms with E-state index in [1.165, 1.54) is 7.11 Å². The predicted molar refractivity (Wildman–Crippen MR) is 77.5 cm³/mol. The number of methoxy groups -OCH3 is 1. The Hall–Kier alpha value is -0.490. The summed E-state index contributed by atoms with van der Waals surface area (Å²) in [5.74, 6) is 0.326. The monoisotopic (exact) mass is 339 g/mol. The number of halogens is 2. The van der Waals surface area contributed by atoms with Crippen molar-refractivity contribution in [3.05, 3.63) is 22.2 Å². The Kier molecular flexibility index (Phi) is 7.62. The standard InChI is InChI=1S/C12H18BrNO3.ClH/c1-3-4-9(15)11(14)8-5-7(13)6-10(17-2)12(8)16;/h5-6,9,11,15-16H,3-4,14H2,1-2H3;1H/t9-,11+;/m0./s1. The number of benzene rings is 1. The Bertz CT molecular complexity index is 390. The molecule has 0 aromatic heterocycles. The highest BCUT2D eigenvalue weighted by Gasteiger charge is 2.21. The molecule has 4 nitrogen and oxygen atoms in total.